The van der Waals surface area contributed by atoms with Gasteiger partial charge in [0.1, 0.15) is 0 Å². The van der Waals surface area contributed by atoms with Gasteiger partial charge in [-0.05, 0) is 44.4 Å². The molecule has 7 heteroatoms. The Kier molecular flexibility index (Phi) is 6.01. The van der Waals surface area contributed by atoms with E-state index < -0.39 is 10.2 Å². The summed E-state index contributed by atoms with van der Waals surface area (Å²) in [6.07, 6.45) is 1.13. The van der Waals surface area contributed by atoms with Crippen molar-refractivity contribution >= 4 is 21.8 Å². The highest BCUT2D eigenvalue weighted by atomic mass is 32.2. The fourth-order valence-corrected chi connectivity index (χ4v) is 4.18. The van der Waals surface area contributed by atoms with Gasteiger partial charge in [0.15, 0.2) is 0 Å². The molecular formula is C17H27N3O3S. The van der Waals surface area contributed by atoms with Gasteiger partial charge in [-0.25, -0.2) is 0 Å². The number of hydrogen-bond donors (Lipinski definition) is 0. The standard InChI is InChI=1S/C17H27N3O3S/c1-5-20(16-8-6-7-14(2)13-16)17(21)15-9-11-19(12-10-15)24(22,23)18(3)4/h6-8,13,15H,5,9-12H2,1-4H3. The number of nitrogens with zero attached hydrogens (tertiary/aromatic N) is 3. The van der Waals surface area contributed by atoms with Gasteiger partial charge in [0.2, 0.25) is 5.91 Å². The second-order valence-electron chi connectivity index (χ2n) is 6.38. The Bertz CT molecular complexity index is 680. The summed E-state index contributed by atoms with van der Waals surface area (Å²) in [7, 11) is -0.329. The molecule has 24 heavy (non-hydrogen) atoms. The van der Waals surface area contributed by atoms with Crippen LogP contribution >= 0.6 is 0 Å². The Balaban J connectivity index is 2.06. The molecule has 6 nitrogen and oxygen atoms in total. The zero-order valence-corrected chi connectivity index (χ0v) is 15.7. The van der Waals surface area contributed by atoms with Crippen molar-refractivity contribution in [2.75, 3.05) is 38.6 Å². The van der Waals surface area contributed by atoms with Crippen molar-refractivity contribution in [1.29, 1.82) is 0 Å². The number of benzene rings is 1. The molecule has 2 rings (SSSR count). The highest BCUT2D eigenvalue weighted by Crippen LogP contribution is 2.25. The van der Waals surface area contributed by atoms with Gasteiger partial charge in [0, 0.05) is 45.3 Å². The fourth-order valence-electron chi connectivity index (χ4n) is 3.05. The lowest BCUT2D eigenvalue weighted by Gasteiger charge is -2.34. The molecule has 134 valence electrons. The van der Waals surface area contributed by atoms with Crippen molar-refractivity contribution in [3.05, 3.63) is 29.8 Å². The Morgan fingerprint density at radius 3 is 2.38 bits per heavy atom. The average Bonchev–Trinajstić information content (AvgIpc) is 2.55. The summed E-state index contributed by atoms with van der Waals surface area (Å²) >= 11 is 0. The predicted octanol–water partition coefficient (Wildman–Crippen LogP) is 1.87. The van der Waals surface area contributed by atoms with E-state index in [1.165, 1.54) is 22.7 Å². The third-order valence-corrected chi connectivity index (χ3v) is 6.43. The number of piperidine rings is 1. The van der Waals surface area contributed by atoms with Crippen LogP contribution in [0.1, 0.15) is 25.3 Å². The van der Waals surface area contributed by atoms with E-state index in [0.717, 1.165) is 11.3 Å². The van der Waals surface area contributed by atoms with Gasteiger partial charge in [-0.3, -0.25) is 4.79 Å². The first kappa shape index (κ1) is 18.9. The van der Waals surface area contributed by atoms with Gasteiger partial charge >= 0.3 is 0 Å². The van der Waals surface area contributed by atoms with Crippen molar-refractivity contribution in [3.63, 3.8) is 0 Å². The number of rotatable bonds is 5. The molecule has 1 aromatic carbocycles. The highest BCUT2D eigenvalue weighted by molar-refractivity contribution is 7.86. The fraction of sp³-hybridized carbons (Fsp3) is 0.588. The van der Waals surface area contributed by atoms with E-state index in [2.05, 4.69) is 0 Å². The van der Waals surface area contributed by atoms with Crippen molar-refractivity contribution in [3.8, 4) is 0 Å². The van der Waals surface area contributed by atoms with Crippen LogP contribution in [0.15, 0.2) is 24.3 Å². The zero-order valence-electron chi connectivity index (χ0n) is 14.9. The Morgan fingerprint density at radius 2 is 1.88 bits per heavy atom. The van der Waals surface area contributed by atoms with E-state index in [4.69, 9.17) is 0 Å². The van der Waals surface area contributed by atoms with Gasteiger partial charge in [0.05, 0.1) is 0 Å². The maximum Gasteiger partial charge on any atom is 0.281 e. The summed E-state index contributed by atoms with van der Waals surface area (Å²) < 4.78 is 27.0. The lowest BCUT2D eigenvalue weighted by molar-refractivity contribution is -0.123. The number of anilines is 1. The number of aryl methyl sites for hydroxylation is 1. The third kappa shape index (κ3) is 3.96. The molecule has 1 fully saturated rings. The maximum absolute atomic E-state index is 12.9. The SMILES string of the molecule is CCN(C(=O)C1CCN(S(=O)(=O)N(C)C)CC1)c1cccc(C)c1. The van der Waals surface area contributed by atoms with Gasteiger partial charge in [0.25, 0.3) is 10.2 Å². The molecule has 0 radical (unpaired) electrons. The first-order chi connectivity index (χ1) is 11.3. The average molecular weight is 353 g/mol. The van der Waals surface area contributed by atoms with E-state index in [-0.39, 0.29) is 11.8 Å². The van der Waals surface area contributed by atoms with Crippen molar-refractivity contribution in [2.45, 2.75) is 26.7 Å². The minimum Gasteiger partial charge on any atom is -0.312 e. The van der Waals surface area contributed by atoms with Crippen LogP contribution in [0.3, 0.4) is 0 Å². The smallest absolute Gasteiger partial charge is 0.281 e. The first-order valence-corrected chi connectivity index (χ1v) is 9.72. The number of carbonyl (C=O) groups excluding carboxylic acids is 1. The molecule has 1 aromatic rings. The second-order valence-corrected chi connectivity index (χ2v) is 8.53. The lowest BCUT2D eigenvalue weighted by atomic mass is 9.96. The summed E-state index contributed by atoms with van der Waals surface area (Å²) in [5.41, 5.74) is 2.02. The summed E-state index contributed by atoms with van der Waals surface area (Å²) in [4.78, 5) is 14.7. The van der Waals surface area contributed by atoms with Crippen LogP contribution in [0.25, 0.3) is 0 Å². The molecular weight excluding hydrogens is 326 g/mol. The molecule has 1 saturated heterocycles. The normalized spacial score (nSPS) is 17.2. The van der Waals surface area contributed by atoms with Gasteiger partial charge in [-0.2, -0.15) is 17.0 Å². The van der Waals surface area contributed by atoms with Crippen LogP contribution in [-0.2, 0) is 15.0 Å². The Hall–Kier alpha value is -1.44. The molecule has 1 aliphatic rings. The monoisotopic (exact) mass is 353 g/mol. The molecule has 1 aliphatic heterocycles. The second kappa shape index (κ2) is 7.63. The Labute approximate surface area is 145 Å². The molecule has 0 N–H and O–H groups in total. The van der Waals surface area contributed by atoms with Gasteiger partial charge < -0.3 is 4.90 Å². The number of carbonyl (C=O) groups is 1. The van der Waals surface area contributed by atoms with Crippen LogP contribution in [0, 0.1) is 12.8 Å². The molecule has 0 unspecified atom stereocenters. The van der Waals surface area contributed by atoms with Gasteiger partial charge in [-0.1, -0.05) is 12.1 Å². The quantitative estimate of drug-likeness (QED) is 0.812. The van der Waals surface area contributed by atoms with Crippen LogP contribution in [0.2, 0.25) is 0 Å². The van der Waals surface area contributed by atoms with Crippen molar-refractivity contribution in [1.82, 2.24) is 8.61 Å². The largest absolute Gasteiger partial charge is 0.312 e. The molecule has 0 aromatic heterocycles. The Morgan fingerprint density at radius 1 is 1.25 bits per heavy atom. The van der Waals surface area contributed by atoms with Crippen molar-refractivity contribution < 1.29 is 13.2 Å². The van der Waals surface area contributed by atoms with Crippen LogP contribution in [-0.4, -0.2) is 56.7 Å². The zero-order chi connectivity index (χ0) is 17.9. The highest BCUT2D eigenvalue weighted by Gasteiger charge is 2.33. The molecule has 0 spiro atoms. The van der Waals surface area contributed by atoms with Crippen LogP contribution in [0.4, 0.5) is 5.69 Å². The van der Waals surface area contributed by atoms with Crippen LogP contribution < -0.4 is 4.90 Å². The summed E-state index contributed by atoms with van der Waals surface area (Å²) in [6, 6.07) is 7.91. The number of hydrogen-bond acceptors (Lipinski definition) is 3. The van der Waals surface area contributed by atoms with Crippen LogP contribution in [0.5, 0.6) is 0 Å². The van der Waals surface area contributed by atoms with E-state index in [0.29, 0.717) is 32.5 Å². The maximum atomic E-state index is 12.9. The molecule has 0 saturated carbocycles. The topological polar surface area (TPSA) is 60.9 Å². The summed E-state index contributed by atoms with van der Waals surface area (Å²) in [5.74, 6) is -0.0379. The summed E-state index contributed by atoms with van der Waals surface area (Å²) in [5, 5.41) is 0. The minimum atomic E-state index is -3.39. The third-order valence-electron chi connectivity index (χ3n) is 4.49. The van der Waals surface area contributed by atoms with E-state index in [1.54, 1.807) is 4.90 Å². The van der Waals surface area contributed by atoms with Gasteiger partial charge in [-0.15, -0.1) is 0 Å². The molecule has 0 aliphatic carbocycles. The lowest BCUT2D eigenvalue weighted by Crippen LogP contribution is -2.47. The predicted molar refractivity (Wildman–Crippen MR) is 96.1 cm³/mol. The molecule has 0 bridgehead atoms. The first-order valence-electron chi connectivity index (χ1n) is 8.33. The van der Waals surface area contributed by atoms with E-state index >= 15 is 0 Å². The molecule has 1 heterocycles. The van der Waals surface area contributed by atoms with E-state index in [1.807, 2.05) is 38.1 Å². The van der Waals surface area contributed by atoms with E-state index in [9.17, 15) is 13.2 Å². The summed E-state index contributed by atoms with van der Waals surface area (Å²) in [6.45, 7) is 5.36. The molecule has 0 atom stereocenters. The number of amides is 1. The van der Waals surface area contributed by atoms with Crippen molar-refractivity contribution in [2.24, 2.45) is 5.92 Å². The minimum absolute atomic E-state index is 0.0880. The molecule has 1 amide bonds.